The molecular weight excluding hydrogens is 270 g/mol. The summed E-state index contributed by atoms with van der Waals surface area (Å²) in [7, 11) is 0. The third-order valence-corrected chi connectivity index (χ3v) is 3.41. The molecule has 2 aromatic heterocycles. The number of carbonyl (C=O) groups is 1. The number of hydrogen-bond acceptors (Lipinski definition) is 6. The van der Waals surface area contributed by atoms with Gasteiger partial charge in [-0.3, -0.25) is 4.79 Å². The van der Waals surface area contributed by atoms with Crippen molar-refractivity contribution in [1.82, 2.24) is 20.0 Å². The molecule has 1 N–H and O–H groups in total. The van der Waals surface area contributed by atoms with E-state index in [2.05, 4.69) is 20.4 Å². The molecule has 0 aliphatic carbocycles. The quantitative estimate of drug-likeness (QED) is 0.931. The number of aryl methyl sites for hydroxylation is 1. The third-order valence-electron chi connectivity index (χ3n) is 3.41. The SMILES string of the molecule is Cc1cc(Nc2ncc(C(=O)N3CCCCC3)cn2)no1. The van der Waals surface area contributed by atoms with E-state index in [9.17, 15) is 4.79 Å². The van der Waals surface area contributed by atoms with Crippen LogP contribution in [0.25, 0.3) is 0 Å². The molecule has 0 saturated carbocycles. The fourth-order valence-corrected chi connectivity index (χ4v) is 2.32. The van der Waals surface area contributed by atoms with Crippen molar-refractivity contribution < 1.29 is 9.32 Å². The maximum absolute atomic E-state index is 12.3. The summed E-state index contributed by atoms with van der Waals surface area (Å²) >= 11 is 0. The van der Waals surface area contributed by atoms with Gasteiger partial charge in [-0.15, -0.1) is 0 Å². The van der Waals surface area contributed by atoms with E-state index in [0.29, 0.717) is 23.1 Å². The number of piperidine rings is 1. The first-order chi connectivity index (χ1) is 10.2. The Labute approximate surface area is 122 Å². The molecule has 1 fully saturated rings. The molecule has 0 radical (unpaired) electrons. The number of rotatable bonds is 3. The van der Waals surface area contributed by atoms with E-state index in [0.717, 1.165) is 25.9 Å². The predicted molar refractivity (Wildman–Crippen MR) is 76.3 cm³/mol. The smallest absolute Gasteiger partial charge is 0.256 e. The molecule has 0 unspecified atom stereocenters. The average Bonchev–Trinajstić information content (AvgIpc) is 2.93. The van der Waals surface area contributed by atoms with Gasteiger partial charge in [0.05, 0.1) is 5.56 Å². The van der Waals surface area contributed by atoms with Crippen LogP contribution in [0.2, 0.25) is 0 Å². The van der Waals surface area contributed by atoms with Crippen molar-refractivity contribution in [2.75, 3.05) is 18.4 Å². The van der Waals surface area contributed by atoms with Crippen LogP contribution in [0, 0.1) is 6.92 Å². The zero-order chi connectivity index (χ0) is 14.7. The number of aromatic nitrogens is 3. The van der Waals surface area contributed by atoms with Crippen LogP contribution in [0.15, 0.2) is 23.0 Å². The maximum Gasteiger partial charge on any atom is 0.256 e. The Balaban J connectivity index is 1.67. The molecule has 1 aliphatic rings. The van der Waals surface area contributed by atoms with Crippen molar-refractivity contribution >= 4 is 17.7 Å². The lowest BCUT2D eigenvalue weighted by Crippen LogP contribution is -2.35. The molecule has 7 heteroatoms. The highest BCUT2D eigenvalue weighted by Crippen LogP contribution is 2.14. The van der Waals surface area contributed by atoms with Crippen LogP contribution < -0.4 is 5.32 Å². The van der Waals surface area contributed by atoms with Crippen molar-refractivity contribution in [3.63, 3.8) is 0 Å². The monoisotopic (exact) mass is 287 g/mol. The largest absolute Gasteiger partial charge is 0.360 e. The summed E-state index contributed by atoms with van der Waals surface area (Å²) in [6, 6.07) is 1.75. The Kier molecular flexibility index (Phi) is 3.81. The van der Waals surface area contributed by atoms with Crippen LogP contribution in [0.4, 0.5) is 11.8 Å². The number of hydrogen-bond donors (Lipinski definition) is 1. The zero-order valence-electron chi connectivity index (χ0n) is 11.9. The van der Waals surface area contributed by atoms with Crippen LogP contribution in [0.5, 0.6) is 0 Å². The Morgan fingerprint density at radius 1 is 1.24 bits per heavy atom. The van der Waals surface area contributed by atoms with Crippen LogP contribution in [-0.4, -0.2) is 39.0 Å². The van der Waals surface area contributed by atoms with Gasteiger partial charge in [-0.2, -0.15) is 0 Å². The Morgan fingerprint density at radius 2 is 1.95 bits per heavy atom. The van der Waals surface area contributed by atoms with Crippen LogP contribution in [0.3, 0.4) is 0 Å². The summed E-state index contributed by atoms with van der Waals surface area (Å²) in [6.45, 7) is 3.44. The van der Waals surface area contributed by atoms with Crippen molar-refractivity contribution in [3.8, 4) is 0 Å². The molecule has 3 rings (SSSR count). The third kappa shape index (κ3) is 3.18. The summed E-state index contributed by atoms with van der Waals surface area (Å²) in [6.07, 6.45) is 6.41. The van der Waals surface area contributed by atoms with E-state index < -0.39 is 0 Å². The Hall–Kier alpha value is -2.44. The van der Waals surface area contributed by atoms with Crippen molar-refractivity contribution in [2.24, 2.45) is 0 Å². The van der Waals surface area contributed by atoms with Gasteiger partial charge in [0.2, 0.25) is 5.95 Å². The minimum atomic E-state index is -0.00136. The topological polar surface area (TPSA) is 84.2 Å². The van der Waals surface area contributed by atoms with Gasteiger partial charge in [-0.1, -0.05) is 5.16 Å². The fourth-order valence-electron chi connectivity index (χ4n) is 2.32. The van der Waals surface area contributed by atoms with E-state index in [1.165, 1.54) is 6.42 Å². The molecule has 1 amide bonds. The highest BCUT2D eigenvalue weighted by molar-refractivity contribution is 5.93. The minimum Gasteiger partial charge on any atom is -0.360 e. The second-order valence-corrected chi connectivity index (χ2v) is 5.10. The normalized spacial score (nSPS) is 15.0. The van der Waals surface area contributed by atoms with Gasteiger partial charge in [0.1, 0.15) is 5.76 Å². The van der Waals surface area contributed by atoms with Gasteiger partial charge in [0, 0.05) is 31.5 Å². The van der Waals surface area contributed by atoms with E-state index in [1.54, 1.807) is 25.4 Å². The lowest BCUT2D eigenvalue weighted by molar-refractivity contribution is 0.0723. The number of nitrogens with one attached hydrogen (secondary N) is 1. The first-order valence-electron chi connectivity index (χ1n) is 7.04. The predicted octanol–water partition coefficient (Wildman–Crippen LogP) is 2.14. The summed E-state index contributed by atoms with van der Waals surface area (Å²) in [5, 5.41) is 6.72. The van der Waals surface area contributed by atoms with E-state index in [1.807, 2.05) is 4.90 Å². The fraction of sp³-hybridized carbons (Fsp3) is 0.429. The number of likely N-dealkylation sites (tertiary alicyclic amines) is 1. The first-order valence-corrected chi connectivity index (χ1v) is 7.04. The van der Waals surface area contributed by atoms with E-state index in [4.69, 9.17) is 4.52 Å². The van der Waals surface area contributed by atoms with Crippen molar-refractivity contribution in [2.45, 2.75) is 26.2 Å². The molecule has 0 aromatic carbocycles. The van der Waals surface area contributed by atoms with E-state index >= 15 is 0 Å². The molecule has 21 heavy (non-hydrogen) atoms. The Bertz CT molecular complexity index is 617. The molecule has 0 bridgehead atoms. The standard InChI is InChI=1S/C14H17N5O2/c1-10-7-12(18-21-10)17-14-15-8-11(9-16-14)13(20)19-5-3-2-4-6-19/h7-9H,2-6H2,1H3,(H,15,16,17,18). The molecule has 110 valence electrons. The minimum absolute atomic E-state index is 0.00136. The Morgan fingerprint density at radius 3 is 2.57 bits per heavy atom. The lowest BCUT2D eigenvalue weighted by Gasteiger charge is -2.26. The summed E-state index contributed by atoms with van der Waals surface area (Å²) in [4.78, 5) is 22.4. The maximum atomic E-state index is 12.3. The van der Waals surface area contributed by atoms with Gasteiger partial charge in [-0.05, 0) is 26.2 Å². The lowest BCUT2D eigenvalue weighted by atomic mass is 10.1. The van der Waals surface area contributed by atoms with Crippen molar-refractivity contribution in [3.05, 3.63) is 29.8 Å². The first kappa shape index (κ1) is 13.5. The summed E-state index contributed by atoms with van der Waals surface area (Å²) in [5.41, 5.74) is 0.513. The van der Waals surface area contributed by atoms with Gasteiger partial charge in [0.25, 0.3) is 5.91 Å². The molecular formula is C14H17N5O2. The molecule has 0 spiro atoms. The highest BCUT2D eigenvalue weighted by Gasteiger charge is 2.18. The second-order valence-electron chi connectivity index (χ2n) is 5.10. The molecule has 1 saturated heterocycles. The average molecular weight is 287 g/mol. The van der Waals surface area contributed by atoms with Crippen LogP contribution in [0.1, 0.15) is 35.4 Å². The van der Waals surface area contributed by atoms with Crippen LogP contribution in [-0.2, 0) is 0 Å². The van der Waals surface area contributed by atoms with Gasteiger partial charge in [-0.25, -0.2) is 9.97 Å². The van der Waals surface area contributed by atoms with Crippen molar-refractivity contribution in [1.29, 1.82) is 0 Å². The molecule has 3 heterocycles. The summed E-state index contributed by atoms with van der Waals surface area (Å²) in [5.74, 6) is 1.63. The van der Waals surface area contributed by atoms with Gasteiger partial charge < -0.3 is 14.7 Å². The van der Waals surface area contributed by atoms with Gasteiger partial charge in [0.15, 0.2) is 5.82 Å². The number of amides is 1. The molecule has 2 aromatic rings. The number of carbonyl (C=O) groups excluding carboxylic acids is 1. The van der Waals surface area contributed by atoms with Crippen LogP contribution >= 0.6 is 0 Å². The highest BCUT2D eigenvalue weighted by atomic mass is 16.5. The zero-order valence-corrected chi connectivity index (χ0v) is 11.9. The molecule has 0 atom stereocenters. The molecule has 1 aliphatic heterocycles. The number of anilines is 2. The van der Waals surface area contributed by atoms with Gasteiger partial charge >= 0.3 is 0 Å². The number of nitrogens with zero attached hydrogens (tertiary/aromatic N) is 4. The summed E-state index contributed by atoms with van der Waals surface area (Å²) < 4.78 is 4.95. The molecule has 7 nitrogen and oxygen atoms in total. The van der Waals surface area contributed by atoms with E-state index in [-0.39, 0.29) is 5.91 Å². The second kappa shape index (κ2) is 5.90.